The molecule has 0 amide bonds. The molecule has 0 N–H and O–H groups in total. The predicted octanol–water partition coefficient (Wildman–Crippen LogP) is 6.57. The van der Waals surface area contributed by atoms with Gasteiger partial charge in [0.05, 0.1) is 29.1 Å². The van der Waals surface area contributed by atoms with Crippen molar-refractivity contribution in [3.8, 4) is 5.75 Å². The summed E-state index contributed by atoms with van der Waals surface area (Å²) in [7, 11) is 1.30. The van der Waals surface area contributed by atoms with Crippen LogP contribution in [0.5, 0.6) is 5.75 Å². The molecule has 2 heterocycles. The fourth-order valence-electron chi connectivity index (χ4n) is 5.38. The van der Waals surface area contributed by atoms with Crippen LogP contribution in [0.25, 0.3) is 0 Å². The van der Waals surface area contributed by atoms with Crippen molar-refractivity contribution in [2.75, 3.05) is 38.7 Å². The summed E-state index contributed by atoms with van der Waals surface area (Å²) in [4.78, 5) is 14.0. The van der Waals surface area contributed by atoms with Gasteiger partial charge in [-0.15, -0.1) is 0 Å². The van der Waals surface area contributed by atoms with Crippen LogP contribution in [0.4, 0.5) is 17.1 Å². The van der Waals surface area contributed by atoms with Gasteiger partial charge in [0.2, 0.25) is 0 Å². The van der Waals surface area contributed by atoms with E-state index in [0.717, 1.165) is 29.8 Å². The second-order valence-corrected chi connectivity index (χ2v) is 12.3. The zero-order chi connectivity index (χ0) is 26.3. The first kappa shape index (κ1) is 25.9. The van der Waals surface area contributed by atoms with E-state index in [1.54, 1.807) is 12.1 Å². The second-order valence-electron chi connectivity index (χ2n) is 9.32. The molecule has 0 bridgehead atoms. The third kappa shape index (κ3) is 3.91. The van der Waals surface area contributed by atoms with Crippen molar-refractivity contribution in [1.82, 2.24) is 9.45 Å². The van der Waals surface area contributed by atoms with Crippen LogP contribution in [0.15, 0.2) is 63.3 Å². The lowest BCUT2D eigenvalue weighted by Gasteiger charge is -2.39. The van der Waals surface area contributed by atoms with E-state index in [1.165, 1.54) is 11.6 Å². The van der Waals surface area contributed by atoms with Crippen LogP contribution in [-0.2, 0) is 5.41 Å². The zero-order valence-electron chi connectivity index (χ0n) is 22.1. The number of anilines is 1. The standard InChI is InChI=1S/C26H35N6O3P/c1-8-31(9-2)36(28-21-16-15-19(35-10-3)17-23(21)32(33)34)24(18-27-30(36)7)25-26(4,5)20-13-11-12-14-22(20)29(25)6/h11-18H,8-10H2,1-7H3. The SMILES string of the molecule is CCOc1ccc(N=P2(N(CC)CC)C(=C3N(C)c4ccccc4C3(C)C)C=NN2C)c([N+](=O)[O-])c1. The maximum atomic E-state index is 12.1. The van der Waals surface area contributed by atoms with E-state index in [2.05, 4.69) is 62.5 Å². The maximum Gasteiger partial charge on any atom is 0.298 e. The minimum atomic E-state index is -2.71. The summed E-state index contributed by atoms with van der Waals surface area (Å²) in [6.07, 6.45) is 1.91. The van der Waals surface area contributed by atoms with Crippen molar-refractivity contribution >= 4 is 30.6 Å². The number of nitro groups is 1. The Morgan fingerprint density at radius 3 is 2.44 bits per heavy atom. The van der Waals surface area contributed by atoms with Crippen molar-refractivity contribution in [3.05, 3.63) is 69.2 Å². The lowest BCUT2D eigenvalue weighted by atomic mass is 9.84. The first-order chi connectivity index (χ1) is 17.1. The van der Waals surface area contributed by atoms with Gasteiger partial charge in [-0.3, -0.25) is 10.1 Å². The highest BCUT2D eigenvalue weighted by Gasteiger charge is 2.48. The van der Waals surface area contributed by atoms with Gasteiger partial charge < -0.3 is 9.64 Å². The Bertz CT molecular complexity index is 1300. The molecule has 2 aromatic carbocycles. The van der Waals surface area contributed by atoms with E-state index in [-0.39, 0.29) is 16.0 Å². The Labute approximate surface area is 213 Å². The number of allylic oxidation sites excluding steroid dienone is 2. The van der Waals surface area contributed by atoms with E-state index in [4.69, 9.17) is 14.6 Å². The van der Waals surface area contributed by atoms with Gasteiger partial charge in [-0.05, 0) is 30.7 Å². The molecule has 2 aromatic rings. The number of nitro benzene ring substituents is 1. The number of benzene rings is 2. The van der Waals surface area contributed by atoms with E-state index >= 15 is 0 Å². The molecule has 9 nitrogen and oxygen atoms in total. The summed E-state index contributed by atoms with van der Waals surface area (Å²) in [5.41, 5.74) is 3.47. The molecule has 0 saturated carbocycles. The molecule has 2 aliphatic rings. The Balaban J connectivity index is 2.07. The molecular weight excluding hydrogens is 475 g/mol. The van der Waals surface area contributed by atoms with Gasteiger partial charge in [-0.1, -0.05) is 45.9 Å². The summed E-state index contributed by atoms with van der Waals surface area (Å²) in [5.74, 6) is 0.458. The van der Waals surface area contributed by atoms with E-state index < -0.39 is 7.36 Å². The normalized spacial score (nSPS) is 22.3. The summed E-state index contributed by atoms with van der Waals surface area (Å²) in [6.45, 7) is 12.4. The van der Waals surface area contributed by atoms with E-state index in [0.29, 0.717) is 18.0 Å². The summed E-state index contributed by atoms with van der Waals surface area (Å²) >= 11 is 0. The van der Waals surface area contributed by atoms with Crippen LogP contribution in [0.3, 0.4) is 0 Å². The fourth-order valence-corrected chi connectivity index (χ4v) is 9.10. The molecule has 0 fully saturated rings. The number of rotatable bonds is 7. The monoisotopic (exact) mass is 510 g/mol. The number of hydrogen-bond donors (Lipinski definition) is 0. The molecule has 10 heteroatoms. The van der Waals surface area contributed by atoms with Gasteiger partial charge in [-0.25, -0.2) is 14.2 Å². The molecule has 1 unspecified atom stereocenters. The third-order valence-electron chi connectivity index (χ3n) is 7.01. The summed E-state index contributed by atoms with van der Waals surface area (Å²) < 4.78 is 15.0. The van der Waals surface area contributed by atoms with E-state index in [1.807, 2.05) is 31.0 Å². The van der Waals surface area contributed by atoms with Gasteiger partial charge in [0.25, 0.3) is 5.69 Å². The highest BCUT2D eigenvalue weighted by molar-refractivity contribution is 7.67. The van der Waals surface area contributed by atoms with Crippen LogP contribution < -0.4 is 9.64 Å². The van der Waals surface area contributed by atoms with Crippen molar-refractivity contribution in [2.24, 2.45) is 9.85 Å². The summed E-state index contributed by atoms with van der Waals surface area (Å²) in [6, 6.07) is 13.3. The maximum absolute atomic E-state index is 12.1. The molecule has 0 aliphatic carbocycles. The molecule has 0 radical (unpaired) electrons. The Hall–Kier alpha value is -3.16. The second kappa shape index (κ2) is 9.71. The average Bonchev–Trinajstić information content (AvgIpc) is 3.26. The quantitative estimate of drug-likeness (QED) is 0.238. The predicted molar refractivity (Wildman–Crippen MR) is 147 cm³/mol. The van der Waals surface area contributed by atoms with Gasteiger partial charge in [-0.2, -0.15) is 5.10 Å². The smallest absolute Gasteiger partial charge is 0.298 e. The van der Waals surface area contributed by atoms with Crippen LogP contribution >= 0.6 is 7.36 Å². The van der Waals surface area contributed by atoms with Gasteiger partial charge in [0.1, 0.15) is 11.4 Å². The summed E-state index contributed by atoms with van der Waals surface area (Å²) in [5, 5.41) is 17.9. The van der Waals surface area contributed by atoms with Crippen LogP contribution in [0, 0.1) is 10.1 Å². The topological polar surface area (TPSA) is 86.8 Å². The molecule has 0 saturated heterocycles. The average molecular weight is 511 g/mol. The molecule has 192 valence electrons. The molecule has 0 spiro atoms. The first-order valence-electron chi connectivity index (χ1n) is 12.3. The number of fused-ring (bicyclic) bond motifs is 1. The van der Waals surface area contributed by atoms with Gasteiger partial charge in [0.15, 0.2) is 7.36 Å². The minimum absolute atomic E-state index is 0.0700. The van der Waals surface area contributed by atoms with Crippen LogP contribution in [0.1, 0.15) is 40.2 Å². The molecule has 2 aliphatic heterocycles. The molecule has 0 aromatic heterocycles. The molecule has 1 atom stereocenters. The Kier molecular flexibility index (Phi) is 6.99. The van der Waals surface area contributed by atoms with Crippen molar-refractivity contribution in [1.29, 1.82) is 0 Å². The van der Waals surface area contributed by atoms with Gasteiger partial charge in [0, 0.05) is 44.0 Å². The molecule has 4 rings (SSSR count). The molecular formula is C26H35N6O3P. The largest absolute Gasteiger partial charge is 0.494 e. The lowest BCUT2D eigenvalue weighted by molar-refractivity contribution is -0.384. The van der Waals surface area contributed by atoms with Crippen molar-refractivity contribution in [2.45, 2.75) is 40.0 Å². The van der Waals surface area contributed by atoms with Crippen LogP contribution in [0.2, 0.25) is 0 Å². The highest BCUT2D eigenvalue weighted by atomic mass is 31.2. The van der Waals surface area contributed by atoms with Crippen LogP contribution in [-0.4, -0.2) is 54.4 Å². The van der Waals surface area contributed by atoms with Crippen molar-refractivity contribution in [3.63, 3.8) is 0 Å². The van der Waals surface area contributed by atoms with Gasteiger partial charge >= 0.3 is 0 Å². The highest BCUT2D eigenvalue weighted by Crippen LogP contribution is 2.69. The number of hydrogen-bond acceptors (Lipinski definition) is 6. The number of nitrogens with zero attached hydrogens (tertiary/aromatic N) is 6. The fraction of sp³-hybridized carbons (Fsp3) is 0.423. The third-order valence-corrected chi connectivity index (χ3v) is 10.7. The Morgan fingerprint density at radius 1 is 1.14 bits per heavy atom. The lowest BCUT2D eigenvalue weighted by Crippen LogP contribution is -2.30. The first-order valence-corrected chi connectivity index (χ1v) is 13.9. The van der Waals surface area contributed by atoms with Crippen molar-refractivity contribution < 1.29 is 9.66 Å². The zero-order valence-corrected chi connectivity index (χ0v) is 23.0. The number of likely N-dealkylation sites (N-methyl/N-ethyl adjacent to an activating group) is 1. The number of hydrazone groups is 1. The minimum Gasteiger partial charge on any atom is -0.494 e. The van der Waals surface area contributed by atoms with E-state index in [9.17, 15) is 10.1 Å². The number of para-hydroxylation sites is 1. The Morgan fingerprint density at radius 2 is 1.83 bits per heavy atom. The molecule has 36 heavy (non-hydrogen) atoms. The number of ether oxygens (including phenoxy) is 1.